The van der Waals surface area contributed by atoms with E-state index in [1.165, 1.54) is 48.2 Å². The van der Waals surface area contributed by atoms with Crippen molar-refractivity contribution < 1.29 is 4.74 Å². The van der Waals surface area contributed by atoms with Crippen LogP contribution >= 0.6 is 0 Å². The monoisotopic (exact) mass is 337 g/mol. The molecule has 0 aliphatic heterocycles. The maximum absolute atomic E-state index is 5.67. The second-order valence-corrected chi connectivity index (χ2v) is 8.23. The second kappa shape index (κ2) is 7.19. The first-order valence-corrected chi connectivity index (χ1v) is 9.62. The van der Waals surface area contributed by atoms with Gasteiger partial charge in [0, 0.05) is 28.4 Å². The van der Waals surface area contributed by atoms with Crippen LogP contribution in [-0.2, 0) is 11.8 Å². The minimum Gasteiger partial charge on any atom is -0.496 e. The number of hydrogen-bond donors (Lipinski definition) is 0. The fourth-order valence-corrected chi connectivity index (χ4v) is 3.87. The number of benzene rings is 1. The number of ether oxygens (including phenoxy) is 1. The largest absolute Gasteiger partial charge is 0.496 e. The van der Waals surface area contributed by atoms with E-state index in [1.54, 1.807) is 7.11 Å². The van der Waals surface area contributed by atoms with Crippen molar-refractivity contribution in [3.8, 4) is 16.9 Å². The SMILES string of the molecule is CCc1nc(C2CCCC2)ccc1-c1cc(C(C)(C)C)ccc1OC. The molecule has 0 amide bonds. The first-order chi connectivity index (χ1) is 11.9. The summed E-state index contributed by atoms with van der Waals surface area (Å²) in [6.07, 6.45) is 6.21. The molecule has 1 heterocycles. The number of aryl methyl sites for hydroxylation is 1. The zero-order valence-electron chi connectivity index (χ0n) is 16.4. The van der Waals surface area contributed by atoms with E-state index in [-0.39, 0.29) is 5.41 Å². The molecule has 1 aliphatic carbocycles. The minimum absolute atomic E-state index is 0.116. The van der Waals surface area contributed by atoms with Gasteiger partial charge in [0.05, 0.1) is 7.11 Å². The standard InChI is InChI=1S/C23H31NO/c1-6-20-18(12-13-21(24-20)16-9-7-8-10-16)19-15-17(23(2,3)4)11-14-22(19)25-5/h11-16H,6-10H2,1-5H3. The summed E-state index contributed by atoms with van der Waals surface area (Å²) in [4.78, 5) is 5.06. The predicted molar refractivity (Wildman–Crippen MR) is 106 cm³/mol. The summed E-state index contributed by atoms with van der Waals surface area (Å²) in [5.74, 6) is 1.58. The molecule has 2 aromatic rings. The summed E-state index contributed by atoms with van der Waals surface area (Å²) in [5, 5.41) is 0. The van der Waals surface area contributed by atoms with E-state index in [0.29, 0.717) is 5.92 Å². The lowest BCUT2D eigenvalue weighted by atomic mass is 9.85. The van der Waals surface area contributed by atoms with Gasteiger partial charge in [-0.15, -0.1) is 0 Å². The Balaban J connectivity index is 2.08. The molecule has 0 unspecified atom stereocenters. The van der Waals surface area contributed by atoms with Crippen LogP contribution in [0.15, 0.2) is 30.3 Å². The third-order valence-corrected chi connectivity index (χ3v) is 5.46. The molecule has 134 valence electrons. The van der Waals surface area contributed by atoms with Crippen LogP contribution in [0.1, 0.15) is 76.2 Å². The minimum atomic E-state index is 0.116. The molecule has 0 saturated heterocycles. The van der Waals surface area contributed by atoms with Crippen LogP contribution in [-0.4, -0.2) is 12.1 Å². The van der Waals surface area contributed by atoms with Crippen molar-refractivity contribution >= 4 is 0 Å². The highest BCUT2D eigenvalue weighted by Gasteiger charge is 2.21. The molecule has 1 saturated carbocycles. The van der Waals surface area contributed by atoms with Gasteiger partial charge in [0.1, 0.15) is 5.75 Å². The lowest BCUT2D eigenvalue weighted by Gasteiger charge is -2.22. The highest BCUT2D eigenvalue weighted by Crippen LogP contribution is 2.38. The summed E-state index contributed by atoms with van der Waals surface area (Å²) in [6, 6.07) is 11.1. The predicted octanol–water partition coefficient (Wildman–Crippen LogP) is 6.27. The van der Waals surface area contributed by atoms with Gasteiger partial charge in [-0.25, -0.2) is 0 Å². The Morgan fingerprint density at radius 2 is 1.76 bits per heavy atom. The smallest absolute Gasteiger partial charge is 0.126 e. The fourth-order valence-electron chi connectivity index (χ4n) is 3.87. The average Bonchev–Trinajstić information content (AvgIpc) is 3.14. The fraction of sp³-hybridized carbons (Fsp3) is 0.522. The molecule has 0 spiro atoms. The van der Waals surface area contributed by atoms with Gasteiger partial charge >= 0.3 is 0 Å². The van der Waals surface area contributed by atoms with E-state index in [4.69, 9.17) is 9.72 Å². The van der Waals surface area contributed by atoms with Crippen LogP contribution in [0.2, 0.25) is 0 Å². The molecule has 1 fully saturated rings. The van der Waals surface area contributed by atoms with Gasteiger partial charge in [0.15, 0.2) is 0 Å². The van der Waals surface area contributed by atoms with Crippen molar-refractivity contribution in [3.63, 3.8) is 0 Å². The summed E-state index contributed by atoms with van der Waals surface area (Å²) >= 11 is 0. The van der Waals surface area contributed by atoms with Crippen molar-refractivity contribution in [3.05, 3.63) is 47.3 Å². The third kappa shape index (κ3) is 3.73. The topological polar surface area (TPSA) is 22.1 Å². The quantitative estimate of drug-likeness (QED) is 0.655. The third-order valence-electron chi connectivity index (χ3n) is 5.46. The van der Waals surface area contributed by atoms with Crippen LogP contribution in [0, 0.1) is 0 Å². The summed E-state index contributed by atoms with van der Waals surface area (Å²) in [5.41, 5.74) is 6.29. The first-order valence-electron chi connectivity index (χ1n) is 9.62. The molecule has 1 aliphatic rings. The highest BCUT2D eigenvalue weighted by molar-refractivity contribution is 5.73. The number of methoxy groups -OCH3 is 1. The van der Waals surface area contributed by atoms with Crippen molar-refractivity contribution in [2.75, 3.05) is 7.11 Å². The summed E-state index contributed by atoms with van der Waals surface area (Å²) < 4.78 is 5.67. The molecule has 3 rings (SSSR count). The van der Waals surface area contributed by atoms with E-state index in [0.717, 1.165) is 17.7 Å². The van der Waals surface area contributed by atoms with Crippen LogP contribution in [0.25, 0.3) is 11.1 Å². The van der Waals surface area contributed by atoms with Crippen LogP contribution in [0.5, 0.6) is 5.75 Å². The summed E-state index contributed by atoms with van der Waals surface area (Å²) in [7, 11) is 1.75. The molecule has 1 aromatic heterocycles. The maximum Gasteiger partial charge on any atom is 0.126 e. The number of nitrogens with zero attached hydrogens (tertiary/aromatic N) is 1. The average molecular weight is 338 g/mol. The maximum atomic E-state index is 5.67. The van der Waals surface area contributed by atoms with Gasteiger partial charge < -0.3 is 4.74 Å². The Hall–Kier alpha value is -1.83. The Morgan fingerprint density at radius 1 is 1.04 bits per heavy atom. The zero-order valence-corrected chi connectivity index (χ0v) is 16.4. The van der Waals surface area contributed by atoms with E-state index >= 15 is 0 Å². The van der Waals surface area contributed by atoms with Crippen molar-refractivity contribution in [2.24, 2.45) is 0 Å². The normalized spacial score (nSPS) is 15.6. The van der Waals surface area contributed by atoms with E-state index in [1.807, 2.05) is 0 Å². The second-order valence-electron chi connectivity index (χ2n) is 8.23. The molecule has 2 nitrogen and oxygen atoms in total. The van der Waals surface area contributed by atoms with E-state index < -0.39 is 0 Å². The number of aromatic nitrogens is 1. The van der Waals surface area contributed by atoms with Crippen LogP contribution < -0.4 is 4.74 Å². The Bertz CT molecular complexity index is 736. The Labute approximate surface area is 152 Å². The van der Waals surface area contributed by atoms with Gasteiger partial charge in [-0.2, -0.15) is 0 Å². The molecule has 25 heavy (non-hydrogen) atoms. The first kappa shape index (κ1) is 18.0. The molecule has 2 heteroatoms. The number of pyridine rings is 1. The number of hydrogen-bond acceptors (Lipinski definition) is 2. The molecular weight excluding hydrogens is 306 g/mol. The Morgan fingerprint density at radius 3 is 2.36 bits per heavy atom. The van der Waals surface area contributed by atoms with Crippen molar-refractivity contribution in [1.29, 1.82) is 0 Å². The van der Waals surface area contributed by atoms with Crippen molar-refractivity contribution in [1.82, 2.24) is 4.98 Å². The van der Waals surface area contributed by atoms with Gasteiger partial charge in [0.2, 0.25) is 0 Å². The van der Waals surface area contributed by atoms with E-state index in [9.17, 15) is 0 Å². The van der Waals surface area contributed by atoms with E-state index in [2.05, 4.69) is 58.0 Å². The zero-order chi connectivity index (χ0) is 18.0. The molecule has 0 bridgehead atoms. The Kier molecular flexibility index (Phi) is 5.17. The number of rotatable bonds is 4. The lowest BCUT2D eigenvalue weighted by Crippen LogP contribution is -2.11. The highest BCUT2D eigenvalue weighted by atomic mass is 16.5. The van der Waals surface area contributed by atoms with Gasteiger partial charge in [-0.1, -0.05) is 52.7 Å². The van der Waals surface area contributed by atoms with Crippen molar-refractivity contribution in [2.45, 2.75) is 71.1 Å². The van der Waals surface area contributed by atoms with Gasteiger partial charge in [0.25, 0.3) is 0 Å². The molecule has 0 N–H and O–H groups in total. The molecule has 1 aromatic carbocycles. The molecule has 0 radical (unpaired) electrons. The summed E-state index contributed by atoms with van der Waals surface area (Å²) in [6.45, 7) is 8.95. The van der Waals surface area contributed by atoms with Crippen LogP contribution in [0.4, 0.5) is 0 Å². The molecular formula is C23H31NO. The lowest BCUT2D eigenvalue weighted by molar-refractivity contribution is 0.416. The van der Waals surface area contributed by atoms with Crippen LogP contribution in [0.3, 0.4) is 0 Å². The van der Waals surface area contributed by atoms with Gasteiger partial charge in [-0.05, 0) is 48.4 Å². The van der Waals surface area contributed by atoms with Gasteiger partial charge in [-0.3, -0.25) is 4.98 Å². The molecule has 0 atom stereocenters.